The average molecular weight is 361 g/mol. The Morgan fingerprint density at radius 1 is 1.32 bits per heavy atom. The van der Waals surface area contributed by atoms with E-state index < -0.39 is 5.91 Å². The van der Waals surface area contributed by atoms with Crippen molar-refractivity contribution in [2.75, 3.05) is 32.1 Å². The number of para-hydroxylation sites is 2. The summed E-state index contributed by atoms with van der Waals surface area (Å²) in [5.41, 5.74) is 5.60. The van der Waals surface area contributed by atoms with Crippen molar-refractivity contribution in [2.24, 2.45) is 5.73 Å². The molecule has 0 spiro atoms. The highest BCUT2D eigenvalue weighted by atomic mass is 32.1. The molecule has 25 heavy (non-hydrogen) atoms. The molecule has 1 aliphatic heterocycles. The summed E-state index contributed by atoms with van der Waals surface area (Å²) in [4.78, 5) is 25.3. The fourth-order valence-corrected chi connectivity index (χ4v) is 3.39. The first-order valence-corrected chi connectivity index (χ1v) is 8.65. The summed E-state index contributed by atoms with van der Waals surface area (Å²) in [6, 6.07) is 9.09. The number of hydrogen-bond donors (Lipinski definition) is 2. The number of primary amides is 1. The number of fused-ring (bicyclic) bond motifs is 1. The summed E-state index contributed by atoms with van der Waals surface area (Å²) in [5, 5.41) is 4.90. The normalized spacial score (nSPS) is 15.8. The summed E-state index contributed by atoms with van der Waals surface area (Å²) in [7, 11) is 1.83. The van der Waals surface area contributed by atoms with Gasteiger partial charge in [-0.3, -0.25) is 14.5 Å². The van der Waals surface area contributed by atoms with Crippen LogP contribution in [0.5, 0.6) is 11.5 Å². The molecule has 8 heteroatoms. The Balaban J connectivity index is 1.51. The molecule has 7 nitrogen and oxygen atoms in total. The van der Waals surface area contributed by atoms with E-state index in [0.717, 1.165) is 5.75 Å². The number of anilines is 1. The van der Waals surface area contributed by atoms with Crippen molar-refractivity contribution in [1.82, 2.24) is 4.90 Å². The number of ether oxygens (including phenoxy) is 2. The van der Waals surface area contributed by atoms with Gasteiger partial charge in [-0.2, -0.15) is 0 Å². The maximum Gasteiger partial charge on any atom is 0.251 e. The van der Waals surface area contributed by atoms with Gasteiger partial charge in [-0.15, -0.1) is 11.3 Å². The van der Waals surface area contributed by atoms with E-state index in [-0.39, 0.29) is 18.6 Å². The van der Waals surface area contributed by atoms with Gasteiger partial charge in [0.05, 0.1) is 12.1 Å². The first-order valence-electron chi connectivity index (χ1n) is 7.77. The molecule has 0 saturated heterocycles. The third-order valence-electron chi connectivity index (χ3n) is 3.68. The first-order chi connectivity index (χ1) is 12.0. The molecule has 0 unspecified atom stereocenters. The second-order valence-corrected chi connectivity index (χ2v) is 6.69. The Morgan fingerprint density at radius 2 is 2.08 bits per heavy atom. The fraction of sp³-hybridized carbons (Fsp3) is 0.294. The molecule has 3 rings (SSSR count). The predicted molar refractivity (Wildman–Crippen MR) is 95.3 cm³/mol. The number of likely N-dealkylation sites (N-methyl/N-ethyl adjacent to an activating group) is 1. The van der Waals surface area contributed by atoms with Crippen LogP contribution in [0.25, 0.3) is 0 Å². The molecule has 0 fully saturated rings. The van der Waals surface area contributed by atoms with E-state index in [1.807, 2.05) is 36.2 Å². The van der Waals surface area contributed by atoms with Gasteiger partial charge in [0.15, 0.2) is 11.5 Å². The van der Waals surface area contributed by atoms with Crippen LogP contribution in [-0.4, -0.2) is 49.6 Å². The van der Waals surface area contributed by atoms with Crippen molar-refractivity contribution in [3.63, 3.8) is 0 Å². The minimum Gasteiger partial charge on any atom is -0.486 e. The van der Waals surface area contributed by atoms with Gasteiger partial charge in [-0.1, -0.05) is 12.1 Å². The Morgan fingerprint density at radius 3 is 2.84 bits per heavy atom. The summed E-state index contributed by atoms with van der Waals surface area (Å²) >= 11 is 1.27. The zero-order valence-electron chi connectivity index (χ0n) is 13.7. The Kier molecular flexibility index (Phi) is 5.20. The molecular formula is C17H19N3O4S. The lowest BCUT2D eigenvalue weighted by molar-refractivity contribution is -0.117. The van der Waals surface area contributed by atoms with E-state index in [0.29, 0.717) is 29.5 Å². The predicted octanol–water partition coefficient (Wildman–Crippen LogP) is 1.56. The van der Waals surface area contributed by atoms with Crippen LogP contribution in [0.2, 0.25) is 0 Å². The first kappa shape index (κ1) is 17.2. The second kappa shape index (κ2) is 7.54. The molecule has 1 aromatic carbocycles. The number of hydrogen-bond acceptors (Lipinski definition) is 6. The molecule has 0 saturated carbocycles. The van der Waals surface area contributed by atoms with E-state index in [1.165, 1.54) is 11.3 Å². The molecule has 1 aliphatic rings. The molecular weight excluding hydrogens is 342 g/mol. The lowest BCUT2D eigenvalue weighted by Crippen LogP contribution is -2.42. The highest BCUT2D eigenvalue weighted by Crippen LogP contribution is 2.31. The Bertz CT molecular complexity index is 777. The average Bonchev–Trinajstić information content (AvgIpc) is 3.02. The molecule has 1 atom stereocenters. The molecule has 0 aliphatic carbocycles. The highest BCUT2D eigenvalue weighted by Gasteiger charge is 2.23. The lowest BCUT2D eigenvalue weighted by atomic mass is 10.2. The van der Waals surface area contributed by atoms with Gasteiger partial charge < -0.3 is 20.5 Å². The van der Waals surface area contributed by atoms with Gasteiger partial charge in [-0.05, 0) is 30.6 Å². The lowest BCUT2D eigenvalue weighted by Gasteiger charge is -2.29. The molecule has 2 aromatic rings. The number of amides is 2. The van der Waals surface area contributed by atoms with E-state index in [1.54, 1.807) is 11.4 Å². The minimum absolute atomic E-state index is 0.157. The molecule has 132 valence electrons. The van der Waals surface area contributed by atoms with Crippen LogP contribution in [0.3, 0.4) is 0 Å². The second-order valence-electron chi connectivity index (χ2n) is 5.77. The van der Waals surface area contributed by atoms with E-state index in [9.17, 15) is 9.59 Å². The maximum atomic E-state index is 12.2. The summed E-state index contributed by atoms with van der Waals surface area (Å²) in [5.74, 6) is 0.665. The van der Waals surface area contributed by atoms with Crippen LogP contribution in [0.1, 0.15) is 10.4 Å². The zero-order valence-corrected chi connectivity index (χ0v) is 14.5. The molecule has 2 heterocycles. The van der Waals surface area contributed by atoms with Gasteiger partial charge in [-0.25, -0.2) is 0 Å². The monoisotopic (exact) mass is 361 g/mol. The third kappa shape index (κ3) is 4.28. The number of carbonyl (C=O) groups excluding carboxylic acids is 2. The van der Waals surface area contributed by atoms with Gasteiger partial charge in [0.1, 0.15) is 17.7 Å². The highest BCUT2D eigenvalue weighted by molar-refractivity contribution is 7.14. The standard InChI is InChI=1S/C17H19N3O4S/c1-20(8-11-10-23-13-4-2-3-5-14(13)24-11)9-15(21)19-17-12(16(18)22)6-7-25-17/h2-7,11H,8-10H2,1H3,(H2,18,22)(H,19,21)/t11-/m0/s1. The molecule has 1 aromatic heterocycles. The van der Waals surface area contributed by atoms with Crippen LogP contribution >= 0.6 is 11.3 Å². The Labute approximate surface area is 149 Å². The van der Waals surface area contributed by atoms with Crippen molar-refractivity contribution < 1.29 is 19.1 Å². The fourth-order valence-electron chi connectivity index (χ4n) is 2.58. The summed E-state index contributed by atoms with van der Waals surface area (Å²) < 4.78 is 11.6. The van der Waals surface area contributed by atoms with E-state index in [2.05, 4.69) is 5.32 Å². The van der Waals surface area contributed by atoms with Crippen molar-refractivity contribution in [1.29, 1.82) is 0 Å². The molecule has 3 N–H and O–H groups in total. The smallest absolute Gasteiger partial charge is 0.251 e. The largest absolute Gasteiger partial charge is 0.486 e. The molecule has 0 radical (unpaired) electrons. The van der Waals surface area contributed by atoms with Crippen molar-refractivity contribution in [3.8, 4) is 11.5 Å². The van der Waals surface area contributed by atoms with E-state index in [4.69, 9.17) is 15.2 Å². The number of carbonyl (C=O) groups is 2. The quantitative estimate of drug-likeness (QED) is 0.814. The summed E-state index contributed by atoms with van der Waals surface area (Å²) in [6.07, 6.45) is -0.157. The van der Waals surface area contributed by atoms with Crippen LogP contribution in [-0.2, 0) is 4.79 Å². The molecule has 2 amide bonds. The molecule has 0 bridgehead atoms. The third-order valence-corrected chi connectivity index (χ3v) is 4.51. The van der Waals surface area contributed by atoms with Crippen LogP contribution in [0, 0.1) is 0 Å². The van der Waals surface area contributed by atoms with Crippen LogP contribution in [0.15, 0.2) is 35.7 Å². The number of thiophene rings is 1. The van der Waals surface area contributed by atoms with Gasteiger partial charge in [0.25, 0.3) is 5.91 Å². The SMILES string of the molecule is CN(CC(=O)Nc1sccc1C(N)=O)C[C@H]1COc2ccccc2O1. The number of rotatable bonds is 6. The minimum atomic E-state index is -0.559. The van der Waals surface area contributed by atoms with Gasteiger partial charge >= 0.3 is 0 Å². The maximum absolute atomic E-state index is 12.2. The van der Waals surface area contributed by atoms with Crippen molar-refractivity contribution >= 4 is 28.2 Å². The summed E-state index contributed by atoms with van der Waals surface area (Å²) in [6.45, 7) is 1.13. The number of benzene rings is 1. The topological polar surface area (TPSA) is 93.9 Å². The van der Waals surface area contributed by atoms with Crippen LogP contribution < -0.4 is 20.5 Å². The van der Waals surface area contributed by atoms with Crippen molar-refractivity contribution in [3.05, 3.63) is 41.3 Å². The number of nitrogens with two attached hydrogens (primary N) is 1. The number of nitrogens with zero attached hydrogens (tertiary/aromatic N) is 1. The number of nitrogens with one attached hydrogen (secondary N) is 1. The van der Waals surface area contributed by atoms with Crippen molar-refractivity contribution in [2.45, 2.75) is 6.10 Å². The zero-order chi connectivity index (χ0) is 17.8. The Hall–Kier alpha value is -2.58. The van der Waals surface area contributed by atoms with E-state index >= 15 is 0 Å². The van der Waals surface area contributed by atoms with Crippen LogP contribution in [0.4, 0.5) is 5.00 Å². The van der Waals surface area contributed by atoms with Gasteiger partial charge in [0.2, 0.25) is 5.91 Å². The van der Waals surface area contributed by atoms with Gasteiger partial charge in [0, 0.05) is 6.54 Å².